The van der Waals surface area contributed by atoms with Crippen LogP contribution in [0.4, 0.5) is 13.2 Å². The summed E-state index contributed by atoms with van der Waals surface area (Å²) in [6.45, 7) is -0.0672. The van der Waals surface area contributed by atoms with E-state index in [2.05, 4.69) is 10.4 Å². The van der Waals surface area contributed by atoms with E-state index in [-0.39, 0.29) is 30.7 Å². The van der Waals surface area contributed by atoms with Crippen molar-refractivity contribution in [2.45, 2.75) is 31.7 Å². The van der Waals surface area contributed by atoms with E-state index in [1.54, 1.807) is 4.68 Å². The summed E-state index contributed by atoms with van der Waals surface area (Å²) in [5.74, 6) is 0.460. The zero-order valence-corrected chi connectivity index (χ0v) is 17.8. The summed E-state index contributed by atoms with van der Waals surface area (Å²) in [7, 11) is 0. The van der Waals surface area contributed by atoms with Crippen LogP contribution >= 0.6 is 0 Å². The van der Waals surface area contributed by atoms with Crippen LogP contribution in [0.25, 0.3) is 11.1 Å². The first kappa shape index (κ1) is 21.5. The van der Waals surface area contributed by atoms with Crippen molar-refractivity contribution in [2.24, 2.45) is 0 Å². The number of carbonyl (C=O) groups is 1. The van der Waals surface area contributed by atoms with Gasteiger partial charge in [-0.3, -0.25) is 14.4 Å². The van der Waals surface area contributed by atoms with E-state index in [0.29, 0.717) is 30.8 Å². The van der Waals surface area contributed by atoms with Crippen molar-refractivity contribution in [3.05, 3.63) is 71.5 Å². The number of para-hydroxylation sites is 1. The van der Waals surface area contributed by atoms with Crippen LogP contribution in [-0.4, -0.2) is 52.5 Å². The number of halogens is 3. The summed E-state index contributed by atoms with van der Waals surface area (Å²) in [5, 5.41) is 7.54. The molecule has 0 bridgehead atoms. The predicted octanol–water partition coefficient (Wildman–Crippen LogP) is 3.66. The number of carbonyl (C=O) groups excluding carboxylic acids is 1. The Hall–Kier alpha value is -3.33. The molecule has 5 rings (SSSR count). The van der Waals surface area contributed by atoms with E-state index < -0.39 is 12.7 Å². The molecule has 6 nitrogen and oxygen atoms in total. The third-order valence-electron chi connectivity index (χ3n) is 5.95. The summed E-state index contributed by atoms with van der Waals surface area (Å²) in [6, 6.07) is 16.7. The van der Waals surface area contributed by atoms with Gasteiger partial charge in [-0.15, -0.1) is 0 Å². The number of nitrogens with zero attached hydrogens (tertiary/aromatic N) is 3. The highest BCUT2D eigenvalue weighted by molar-refractivity contribution is 6.00. The lowest BCUT2D eigenvalue weighted by Crippen LogP contribution is -2.43. The molecule has 0 saturated heterocycles. The standard InChI is InChI=1S/C24H23F3N4O2/c25-24(26,27)15-30-10-11-31-19(13-30)21(16-6-2-1-3-7-16)22(29-31)23(32)28-18-12-17-8-4-5-9-20(17)33-14-18/h1-9,18H,10-15H2,(H,28,32)/t18-/m1/s1. The molecular weight excluding hydrogens is 433 g/mol. The van der Waals surface area contributed by atoms with E-state index in [1.165, 1.54) is 4.90 Å². The number of rotatable bonds is 4. The van der Waals surface area contributed by atoms with Crippen molar-refractivity contribution >= 4 is 5.91 Å². The zero-order valence-electron chi connectivity index (χ0n) is 17.8. The number of hydrogen-bond acceptors (Lipinski definition) is 4. The average Bonchev–Trinajstić information content (AvgIpc) is 3.17. The van der Waals surface area contributed by atoms with Gasteiger partial charge in [0.1, 0.15) is 12.4 Å². The number of hydrogen-bond donors (Lipinski definition) is 1. The molecule has 2 aliphatic rings. The molecule has 0 saturated carbocycles. The Balaban J connectivity index is 1.44. The van der Waals surface area contributed by atoms with E-state index in [1.807, 2.05) is 54.6 Å². The molecule has 0 unspecified atom stereocenters. The first-order valence-corrected chi connectivity index (χ1v) is 10.8. The SMILES string of the molecule is O=C(N[C@H]1COc2ccccc2C1)c1nn2c(c1-c1ccccc1)CN(CC(F)(F)F)CC2. The van der Waals surface area contributed by atoms with Gasteiger partial charge in [-0.1, -0.05) is 48.5 Å². The molecule has 9 heteroatoms. The lowest BCUT2D eigenvalue weighted by molar-refractivity contribution is -0.148. The topological polar surface area (TPSA) is 59.4 Å². The molecular formula is C24H23F3N4O2. The molecule has 1 amide bonds. The van der Waals surface area contributed by atoms with Crippen LogP contribution in [0.15, 0.2) is 54.6 Å². The summed E-state index contributed by atoms with van der Waals surface area (Å²) < 4.78 is 46.4. The van der Waals surface area contributed by atoms with Gasteiger partial charge in [-0.05, 0) is 23.6 Å². The third-order valence-corrected chi connectivity index (χ3v) is 5.95. The first-order chi connectivity index (χ1) is 15.9. The normalized spacial score (nSPS) is 18.2. The minimum Gasteiger partial charge on any atom is -0.491 e. The summed E-state index contributed by atoms with van der Waals surface area (Å²) in [5.41, 5.74) is 3.19. The monoisotopic (exact) mass is 456 g/mol. The number of nitrogens with one attached hydrogen (secondary N) is 1. The van der Waals surface area contributed by atoms with Gasteiger partial charge in [0, 0.05) is 18.7 Å². The van der Waals surface area contributed by atoms with Gasteiger partial charge in [0.25, 0.3) is 5.91 Å². The van der Waals surface area contributed by atoms with Gasteiger partial charge in [-0.2, -0.15) is 18.3 Å². The van der Waals surface area contributed by atoms with Crippen molar-refractivity contribution in [1.29, 1.82) is 0 Å². The Labute approximate surface area is 189 Å². The number of amides is 1. The molecule has 1 aromatic heterocycles. The predicted molar refractivity (Wildman–Crippen MR) is 116 cm³/mol. The lowest BCUT2D eigenvalue weighted by Gasteiger charge is -2.28. The molecule has 2 aromatic carbocycles. The number of alkyl halides is 3. The number of ether oxygens (including phenoxy) is 1. The van der Waals surface area contributed by atoms with E-state index in [4.69, 9.17) is 4.74 Å². The highest BCUT2D eigenvalue weighted by Gasteiger charge is 2.35. The van der Waals surface area contributed by atoms with Gasteiger partial charge in [0.15, 0.2) is 5.69 Å². The van der Waals surface area contributed by atoms with Crippen molar-refractivity contribution < 1.29 is 22.7 Å². The summed E-state index contributed by atoms with van der Waals surface area (Å²) in [4.78, 5) is 14.7. The average molecular weight is 456 g/mol. The number of benzene rings is 2. The molecule has 3 aromatic rings. The molecule has 172 valence electrons. The molecule has 2 aliphatic heterocycles. The fraction of sp³-hybridized carbons (Fsp3) is 0.333. The van der Waals surface area contributed by atoms with E-state index >= 15 is 0 Å². The highest BCUT2D eigenvalue weighted by atomic mass is 19.4. The Kier molecular flexibility index (Phi) is 5.57. The molecule has 3 heterocycles. The van der Waals surface area contributed by atoms with Crippen molar-refractivity contribution in [2.75, 3.05) is 19.7 Å². The minimum atomic E-state index is -4.29. The second-order valence-corrected chi connectivity index (χ2v) is 8.38. The molecule has 0 radical (unpaired) electrons. The maximum atomic E-state index is 13.3. The highest BCUT2D eigenvalue weighted by Crippen LogP contribution is 2.32. The third kappa shape index (κ3) is 4.59. The maximum absolute atomic E-state index is 13.3. The number of fused-ring (bicyclic) bond motifs is 2. The Morgan fingerprint density at radius 1 is 1.09 bits per heavy atom. The summed E-state index contributed by atoms with van der Waals surface area (Å²) >= 11 is 0. The quantitative estimate of drug-likeness (QED) is 0.651. The van der Waals surface area contributed by atoms with Crippen molar-refractivity contribution in [3.8, 4) is 16.9 Å². The van der Waals surface area contributed by atoms with E-state index in [9.17, 15) is 18.0 Å². The Bertz CT molecular complexity index is 1160. The van der Waals surface area contributed by atoms with Crippen molar-refractivity contribution in [1.82, 2.24) is 20.0 Å². The largest absolute Gasteiger partial charge is 0.491 e. The van der Waals surface area contributed by atoms with Crippen LogP contribution in [-0.2, 0) is 19.5 Å². The van der Waals surface area contributed by atoms with Crippen LogP contribution in [0, 0.1) is 0 Å². The number of aromatic nitrogens is 2. The van der Waals surface area contributed by atoms with Crippen LogP contribution < -0.4 is 10.1 Å². The fourth-order valence-corrected chi connectivity index (χ4v) is 4.50. The fourth-order valence-electron chi connectivity index (χ4n) is 4.50. The van der Waals surface area contributed by atoms with Gasteiger partial charge < -0.3 is 10.1 Å². The smallest absolute Gasteiger partial charge is 0.401 e. The molecule has 1 atom stereocenters. The van der Waals surface area contributed by atoms with Gasteiger partial charge in [-0.25, -0.2) is 0 Å². The first-order valence-electron chi connectivity index (χ1n) is 10.8. The zero-order chi connectivity index (χ0) is 23.0. The second kappa shape index (κ2) is 8.55. The second-order valence-electron chi connectivity index (χ2n) is 8.38. The van der Waals surface area contributed by atoms with Crippen LogP contribution in [0.2, 0.25) is 0 Å². The molecule has 0 spiro atoms. The Morgan fingerprint density at radius 3 is 2.64 bits per heavy atom. The van der Waals surface area contributed by atoms with Gasteiger partial charge >= 0.3 is 6.18 Å². The lowest BCUT2D eigenvalue weighted by atomic mass is 10.00. The molecule has 33 heavy (non-hydrogen) atoms. The molecule has 0 fully saturated rings. The Morgan fingerprint density at radius 2 is 1.85 bits per heavy atom. The van der Waals surface area contributed by atoms with Crippen LogP contribution in [0.1, 0.15) is 21.7 Å². The van der Waals surface area contributed by atoms with Gasteiger partial charge in [0.05, 0.1) is 24.8 Å². The molecule has 1 N–H and O–H groups in total. The van der Waals surface area contributed by atoms with Gasteiger partial charge in [0.2, 0.25) is 0 Å². The summed E-state index contributed by atoms with van der Waals surface area (Å²) in [6.07, 6.45) is -3.65. The van der Waals surface area contributed by atoms with E-state index in [0.717, 1.165) is 16.9 Å². The maximum Gasteiger partial charge on any atom is 0.401 e. The van der Waals surface area contributed by atoms with Crippen LogP contribution in [0.5, 0.6) is 5.75 Å². The van der Waals surface area contributed by atoms with Crippen LogP contribution in [0.3, 0.4) is 0 Å². The van der Waals surface area contributed by atoms with Crippen molar-refractivity contribution in [3.63, 3.8) is 0 Å². The molecule has 0 aliphatic carbocycles. The minimum absolute atomic E-state index is 0.0733.